The van der Waals surface area contributed by atoms with Crippen molar-refractivity contribution in [3.05, 3.63) is 124 Å². The van der Waals surface area contributed by atoms with Gasteiger partial charge in [0.1, 0.15) is 5.75 Å². The number of ketones is 1. The Kier molecular flexibility index (Phi) is 13.9. The van der Waals surface area contributed by atoms with E-state index in [4.69, 9.17) is 32.7 Å². The number of nitrogens with one attached hydrogen (secondary N) is 4. The van der Waals surface area contributed by atoms with Gasteiger partial charge in [0, 0.05) is 58.7 Å². The Balaban J connectivity index is 1.10. The summed E-state index contributed by atoms with van der Waals surface area (Å²) in [4.78, 5) is 38.4. The van der Waals surface area contributed by atoms with Gasteiger partial charge in [-0.3, -0.25) is 9.59 Å². The molecule has 0 atom stereocenters. The summed E-state index contributed by atoms with van der Waals surface area (Å²) >= 11 is 12.1. The highest BCUT2D eigenvalue weighted by Crippen LogP contribution is 2.22. The van der Waals surface area contributed by atoms with Gasteiger partial charge in [0.25, 0.3) is 5.91 Å². The van der Waals surface area contributed by atoms with Crippen molar-refractivity contribution in [2.24, 2.45) is 0 Å². The van der Waals surface area contributed by atoms with E-state index < -0.39 is 0 Å². The predicted molar refractivity (Wildman–Crippen MR) is 199 cm³/mol. The Morgan fingerprint density at radius 3 is 1.90 bits per heavy atom. The largest absolute Gasteiger partial charge is 0.508 e. The third-order valence-electron chi connectivity index (χ3n) is 7.23. The molecular weight excluding hydrogens is 693 g/mol. The van der Waals surface area contributed by atoms with E-state index in [2.05, 4.69) is 36.2 Å². The van der Waals surface area contributed by atoms with Gasteiger partial charge in [-0.25, -0.2) is 0 Å². The van der Waals surface area contributed by atoms with E-state index >= 15 is 0 Å². The Morgan fingerprint density at radius 1 is 0.667 bits per heavy atom. The van der Waals surface area contributed by atoms with Gasteiger partial charge in [0.2, 0.25) is 17.8 Å². The van der Waals surface area contributed by atoms with Crippen LogP contribution in [0, 0.1) is 0 Å². The molecule has 0 saturated carbocycles. The molecule has 0 unspecified atom stereocenters. The standard InChI is InChI=1S/C37H37Cl2N7O5/c38-28-21-25(22-29(39)23-28)24-41-34(49)27-8-10-30(11-9-27)42-36-44-35(45-37(46-36)43-31-12-14-32(47)15-13-31)40-16-18-51-20-19-50-17-4-7-33(48)26-5-2-1-3-6-26/h1-3,5-6,8-15,21-23,47H,4,7,16-20,24H2,(H,41,49)(H3,40,42,43,44,45,46). The minimum absolute atomic E-state index is 0.107. The van der Waals surface area contributed by atoms with Crippen LogP contribution >= 0.6 is 23.2 Å². The predicted octanol–water partition coefficient (Wildman–Crippen LogP) is 7.41. The molecule has 0 spiro atoms. The highest BCUT2D eigenvalue weighted by molar-refractivity contribution is 6.34. The first-order valence-electron chi connectivity index (χ1n) is 16.2. The van der Waals surface area contributed by atoms with Crippen LogP contribution in [0.15, 0.2) is 97.1 Å². The topological polar surface area (TPSA) is 160 Å². The van der Waals surface area contributed by atoms with E-state index in [0.717, 1.165) is 5.56 Å². The number of rotatable bonds is 19. The molecule has 0 saturated heterocycles. The van der Waals surface area contributed by atoms with Crippen molar-refractivity contribution in [1.29, 1.82) is 0 Å². The van der Waals surface area contributed by atoms with Gasteiger partial charge < -0.3 is 35.8 Å². The normalized spacial score (nSPS) is 10.8. The number of benzene rings is 4. The zero-order valence-corrected chi connectivity index (χ0v) is 29.1. The van der Waals surface area contributed by atoms with E-state index in [0.29, 0.717) is 84.3 Å². The van der Waals surface area contributed by atoms with E-state index in [1.165, 1.54) is 0 Å². The fraction of sp³-hybridized carbons (Fsp3) is 0.216. The van der Waals surface area contributed by atoms with Crippen LogP contribution in [0.2, 0.25) is 10.0 Å². The molecule has 0 aliphatic carbocycles. The number of anilines is 5. The lowest BCUT2D eigenvalue weighted by atomic mass is 10.1. The second kappa shape index (κ2) is 19.2. The van der Waals surface area contributed by atoms with Crippen LogP contribution in [0.5, 0.6) is 5.75 Å². The minimum atomic E-state index is -0.256. The van der Waals surface area contributed by atoms with Crippen molar-refractivity contribution < 1.29 is 24.2 Å². The third kappa shape index (κ3) is 12.5. The van der Waals surface area contributed by atoms with E-state index in [-0.39, 0.29) is 35.9 Å². The number of carbonyl (C=O) groups is 2. The molecule has 1 heterocycles. The molecule has 0 aliphatic heterocycles. The summed E-state index contributed by atoms with van der Waals surface area (Å²) in [5.74, 6) is 0.801. The average Bonchev–Trinajstić information content (AvgIpc) is 3.12. The van der Waals surface area contributed by atoms with Gasteiger partial charge in [-0.05, 0) is 78.7 Å². The molecule has 14 heteroatoms. The maximum Gasteiger partial charge on any atom is 0.251 e. The maximum absolute atomic E-state index is 12.7. The minimum Gasteiger partial charge on any atom is -0.508 e. The molecule has 5 aromatic rings. The summed E-state index contributed by atoms with van der Waals surface area (Å²) < 4.78 is 11.3. The summed E-state index contributed by atoms with van der Waals surface area (Å²) in [6, 6.07) is 27.7. The van der Waals surface area contributed by atoms with Gasteiger partial charge in [0.15, 0.2) is 5.78 Å². The van der Waals surface area contributed by atoms with Crippen LogP contribution in [-0.2, 0) is 16.0 Å². The summed E-state index contributed by atoms with van der Waals surface area (Å²) in [6.45, 7) is 2.35. The Hall–Kier alpha value is -5.27. The summed E-state index contributed by atoms with van der Waals surface area (Å²) in [7, 11) is 0. The zero-order valence-electron chi connectivity index (χ0n) is 27.6. The number of aromatic hydroxyl groups is 1. The number of phenolic OH excluding ortho intramolecular Hbond substituents is 1. The van der Waals surface area contributed by atoms with Crippen LogP contribution in [0.1, 0.15) is 39.1 Å². The Labute approximate surface area is 305 Å². The van der Waals surface area contributed by atoms with Gasteiger partial charge in [0.05, 0.1) is 19.8 Å². The number of amides is 1. The molecule has 264 valence electrons. The molecule has 5 rings (SSSR count). The van der Waals surface area contributed by atoms with Crippen LogP contribution in [-0.4, -0.2) is 64.7 Å². The lowest BCUT2D eigenvalue weighted by molar-refractivity contribution is 0.0497. The number of hydrogen-bond donors (Lipinski definition) is 5. The van der Waals surface area contributed by atoms with Gasteiger partial charge >= 0.3 is 0 Å². The van der Waals surface area contributed by atoms with Gasteiger partial charge in [-0.2, -0.15) is 15.0 Å². The van der Waals surface area contributed by atoms with E-state index in [9.17, 15) is 14.7 Å². The fourth-order valence-electron chi connectivity index (χ4n) is 4.73. The number of phenols is 1. The lowest BCUT2D eigenvalue weighted by Gasteiger charge is -2.12. The molecule has 0 bridgehead atoms. The first kappa shape index (κ1) is 37.0. The fourth-order valence-corrected chi connectivity index (χ4v) is 5.30. The van der Waals surface area contributed by atoms with Crippen LogP contribution in [0.4, 0.5) is 29.2 Å². The number of nitrogens with zero attached hydrogens (tertiary/aromatic N) is 3. The number of hydrogen-bond acceptors (Lipinski definition) is 11. The number of Topliss-reactive ketones (excluding diaryl/α,β-unsaturated/α-hetero) is 1. The molecule has 12 nitrogen and oxygen atoms in total. The van der Waals surface area contributed by atoms with Crippen molar-refractivity contribution in [3.63, 3.8) is 0 Å². The molecule has 0 radical (unpaired) electrons. The monoisotopic (exact) mass is 729 g/mol. The number of ether oxygens (including phenoxy) is 2. The summed E-state index contributed by atoms with van der Waals surface area (Å²) in [6.07, 6.45) is 1.08. The molecule has 0 fully saturated rings. The highest BCUT2D eigenvalue weighted by Gasteiger charge is 2.11. The lowest BCUT2D eigenvalue weighted by Crippen LogP contribution is -2.22. The number of halogens is 2. The smallest absolute Gasteiger partial charge is 0.251 e. The van der Waals surface area contributed by atoms with Crippen molar-refractivity contribution in [2.75, 3.05) is 48.9 Å². The molecule has 4 aromatic carbocycles. The Morgan fingerprint density at radius 2 is 1.25 bits per heavy atom. The van der Waals surface area contributed by atoms with Crippen LogP contribution in [0.25, 0.3) is 0 Å². The van der Waals surface area contributed by atoms with E-state index in [1.807, 2.05) is 30.3 Å². The average molecular weight is 731 g/mol. The molecule has 5 N–H and O–H groups in total. The van der Waals surface area contributed by atoms with Gasteiger partial charge in [-0.1, -0.05) is 53.5 Å². The molecule has 1 amide bonds. The second-order valence-electron chi connectivity index (χ2n) is 11.2. The first-order valence-corrected chi connectivity index (χ1v) is 17.0. The van der Waals surface area contributed by atoms with Crippen molar-refractivity contribution in [1.82, 2.24) is 20.3 Å². The quantitative estimate of drug-likeness (QED) is 0.0327. The zero-order chi connectivity index (χ0) is 35.8. The molecular formula is C37H37Cl2N7O5. The molecule has 51 heavy (non-hydrogen) atoms. The van der Waals surface area contributed by atoms with Gasteiger partial charge in [-0.15, -0.1) is 0 Å². The Bertz CT molecular complexity index is 1860. The van der Waals surface area contributed by atoms with Crippen LogP contribution in [0.3, 0.4) is 0 Å². The number of aromatic nitrogens is 3. The number of carbonyl (C=O) groups excluding carboxylic acids is 2. The van der Waals surface area contributed by atoms with Crippen molar-refractivity contribution in [2.45, 2.75) is 19.4 Å². The van der Waals surface area contributed by atoms with Crippen molar-refractivity contribution >= 4 is 64.1 Å². The summed E-state index contributed by atoms with van der Waals surface area (Å²) in [5, 5.41) is 22.9. The SMILES string of the molecule is O=C(CCCOCCOCCNc1nc(Nc2ccc(O)cc2)nc(Nc2ccc(C(=O)NCc3cc(Cl)cc(Cl)c3)cc2)n1)c1ccccc1. The third-order valence-corrected chi connectivity index (χ3v) is 7.66. The molecule has 1 aromatic heterocycles. The van der Waals surface area contributed by atoms with E-state index in [1.54, 1.807) is 66.7 Å². The first-order chi connectivity index (χ1) is 24.8. The molecule has 0 aliphatic rings. The maximum atomic E-state index is 12.7. The second-order valence-corrected chi connectivity index (χ2v) is 12.1. The van der Waals surface area contributed by atoms with Crippen molar-refractivity contribution in [3.8, 4) is 5.75 Å². The van der Waals surface area contributed by atoms with Crippen LogP contribution < -0.4 is 21.3 Å². The summed E-state index contributed by atoms with van der Waals surface area (Å²) in [5.41, 5.74) is 3.28. The highest BCUT2D eigenvalue weighted by atomic mass is 35.5.